The molecule has 0 bridgehead atoms. The van der Waals surface area contributed by atoms with E-state index in [1.165, 1.54) is 32.1 Å². The second-order valence-electron chi connectivity index (χ2n) is 5.05. The zero-order valence-electron chi connectivity index (χ0n) is 10.1. The Kier molecular flexibility index (Phi) is 3.42. The summed E-state index contributed by atoms with van der Waals surface area (Å²) in [7, 11) is 0. The number of nitrogens with zero attached hydrogens (tertiary/aromatic N) is 1. The first-order valence-electron chi connectivity index (χ1n) is 6.28. The molecule has 1 heterocycles. The number of hydrogen-bond donors (Lipinski definition) is 1. The normalized spacial score (nSPS) is 17.9. The fourth-order valence-corrected chi connectivity index (χ4v) is 2.36. The van der Waals surface area contributed by atoms with E-state index in [2.05, 4.69) is 23.8 Å². The Morgan fingerprint density at radius 3 is 2.62 bits per heavy atom. The molecule has 1 aliphatic carbocycles. The van der Waals surface area contributed by atoms with Gasteiger partial charge < -0.3 is 4.98 Å². The summed E-state index contributed by atoms with van der Waals surface area (Å²) in [5.41, 5.74) is 0.920. The van der Waals surface area contributed by atoms with Crippen LogP contribution in [0.1, 0.15) is 69.3 Å². The van der Waals surface area contributed by atoms with E-state index in [-0.39, 0.29) is 5.56 Å². The number of hydrogen-bond acceptors (Lipinski definition) is 2. The highest BCUT2D eigenvalue weighted by atomic mass is 16.1. The van der Waals surface area contributed by atoms with E-state index in [1.54, 1.807) is 6.07 Å². The van der Waals surface area contributed by atoms with Gasteiger partial charge in [-0.25, -0.2) is 4.98 Å². The Labute approximate surface area is 96.3 Å². The fraction of sp³-hybridized carbons (Fsp3) is 0.692. The monoisotopic (exact) mass is 220 g/mol. The van der Waals surface area contributed by atoms with Crippen LogP contribution in [0, 0.1) is 0 Å². The minimum atomic E-state index is -0.000673. The van der Waals surface area contributed by atoms with Gasteiger partial charge in [0.15, 0.2) is 0 Å². The summed E-state index contributed by atoms with van der Waals surface area (Å²) in [6, 6.07) is 1.62. The van der Waals surface area contributed by atoms with E-state index in [4.69, 9.17) is 0 Å². The Balaban J connectivity index is 2.29. The molecule has 1 aliphatic rings. The number of aromatic nitrogens is 2. The van der Waals surface area contributed by atoms with Crippen LogP contribution in [0.5, 0.6) is 0 Å². The molecule has 1 N–H and O–H groups in total. The molecule has 0 aromatic carbocycles. The summed E-state index contributed by atoms with van der Waals surface area (Å²) in [6.07, 6.45) is 6.19. The van der Waals surface area contributed by atoms with Crippen LogP contribution in [0.15, 0.2) is 10.9 Å². The molecule has 3 heteroatoms. The van der Waals surface area contributed by atoms with Crippen molar-refractivity contribution in [3.63, 3.8) is 0 Å². The first-order chi connectivity index (χ1) is 7.66. The van der Waals surface area contributed by atoms with Crippen molar-refractivity contribution in [2.45, 2.75) is 57.8 Å². The Hall–Kier alpha value is -1.12. The zero-order chi connectivity index (χ0) is 11.5. The predicted octanol–water partition coefficient (Wildman–Crippen LogP) is 2.94. The molecule has 88 valence electrons. The maximum Gasteiger partial charge on any atom is 0.251 e. The van der Waals surface area contributed by atoms with Gasteiger partial charge in [-0.15, -0.1) is 0 Å². The average Bonchev–Trinajstić information content (AvgIpc) is 2.29. The van der Waals surface area contributed by atoms with Gasteiger partial charge >= 0.3 is 0 Å². The number of H-pyrrole nitrogens is 1. The van der Waals surface area contributed by atoms with Crippen LogP contribution >= 0.6 is 0 Å². The Bertz CT molecular complexity index is 403. The SMILES string of the molecule is CC(C)c1cc(=O)[nH]c(C2CCCCC2)n1. The summed E-state index contributed by atoms with van der Waals surface area (Å²) < 4.78 is 0. The van der Waals surface area contributed by atoms with E-state index in [0.717, 1.165) is 11.5 Å². The standard InChI is InChI=1S/C13H20N2O/c1-9(2)11-8-12(16)15-13(14-11)10-6-4-3-5-7-10/h8-10H,3-7H2,1-2H3,(H,14,15,16). The van der Waals surface area contributed by atoms with Crippen molar-refractivity contribution in [2.75, 3.05) is 0 Å². The van der Waals surface area contributed by atoms with E-state index in [1.807, 2.05) is 0 Å². The largest absolute Gasteiger partial charge is 0.310 e. The van der Waals surface area contributed by atoms with E-state index < -0.39 is 0 Å². The summed E-state index contributed by atoms with van der Waals surface area (Å²) >= 11 is 0. The number of rotatable bonds is 2. The molecule has 0 spiro atoms. The van der Waals surface area contributed by atoms with Gasteiger partial charge in [-0.2, -0.15) is 0 Å². The Morgan fingerprint density at radius 2 is 2.00 bits per heavy atom. The minimum absolute atomic E-state index is 0.000673. The molecule has 0 amide bonds. The molecule has 0 radical (unpaired) electrons. The van der Waals surface area contributed by atoms with Crippen molar-refractivity contribution in [3.05, 3.63) is 27.9 Å². The lowest BCUT2D eigenvalue weighted by atomic mass is 9.88. The lowest BCUT2D eigenvalue weighted by molar-refractivity contribution is 0.426. The van der Waals surface area contributed by atoms with Crippen molar-refractivity contribution in [1.29, 1.82) is 0 Å². The maximum absolute atomic E-state index is 11.6. The van der Waals surface area contributed by atoms with Crippen LogP contribution in [0.25, 0.3) is 0 Å². The van der Waals surface area contributed by atoms with Crippen LogP contribution in [-0.2, 0) is 0 Å². The van der Waals surface area contributed by atoms with Gasteiger partial charge in [0.25, 0.3) is 5.56 Å². The zero-order valence-corrected chi connectivity index (χ0v) is 10.1. The molecule has 0 aliphatic heterocycles. The first-order valence-corrected chi connectivity index (χ1v) is 6.28. The highest BCUT2D eigenvalue weighted by Crippen LogP contribution is 2.30. The molecule has 0 unspecified atom stereocenters. The average molecular weight is 220 g/mol. The van der Waals surface area contributed by atoms with E-state index in [9.17, 15) is 4.79 Å². The van der Waals surface area contributed by atoms with Gasteiger partial charge in [-0.3, -0.25) is 4.79 Å². The quantitative estimate of drug-likeness (QED) is 0.833. The maximum atomic E-state index is 11.6. The second kappa shape index (κ2) is 4.81. The van der Waals surface area contributed by atoms with Gasteiger partial charge in [0.2, 0.25) is 0 Å². The van der Waals surface area contributed by atoms with Crippen LogP contribution in [0.3, 0.4) is 0 Å². The van der Waals surface area contributed by atoms with Crippen molar-refractivity contribution in [1.82, 2.24) is 9.97 Å². The van der Waals surface area contributed by atoms with Crippen LogP contribution in [0.2, 0.25) is 0 Å². The predicted molar refractivity (Wildman–Crippen MR) is 64.8 cm³/mol. The van der Waals surface area contributed by atoms with Gasteiger partial charge in [0, 0.05) is 12.0 Å². The molecule has 0 atom stereocenters. The van der Waals surface area contributed by atoms with E-state index >= 15 is 0 Å². The third-order valence-corrected chi connectivity index (χ3v) is 3.36. The lowest BCUT2D eigenvalue weighted by Crippen LogP contribution is -2.17. The number of nitrogens with one attached hydrogen (secondary N) is 1. The summed E-state index contributed by atoms with van der Waals surface area (Å²) in [5, 5.41) is 0. The van der Waals surface area contributed by atoms with Crippen LogP contribution in [-0.4, -0.2) is 9.97 Å². The molecule has 16 heavy (non-hydrogen) atoms. The molecule has 1 fully saturated rings. The summed E-state index contributed by atoms with van der Waals surface area (Å²) in [6.45, 7) is 4.15. The van der Waals surface area contributed by atoms with Crippen molar-refractivity contribution < 1.29 is 0 Å². The van der Waals surface area contributed by atoms with Gasteiger partial charge in [0.05, 0.1) is 5.69 Å². The molecule has 1 saturated carbocycles. The molecule has 1 aromatic heterocycles. The molecular formula is C13H20N2O. The summed E-state index contributed by atoms with van der Waals surface area (Å²) in [5.74, 6) is 1.71. The molecule has 2 rings (SSSR count). The van der Waals surface area contributed by atoms with Gasteiger partial charge in [-0.05, 0) is 18.8 Å². The fourth-order valence-electron chi connectivity index (χ4n) is 2.36. The van der Waals surface area contributed by atoms with Gasteiger partial charge in [-0.1, -0.05) is 33.1 Å². The highest BCUT2D eigenvalue weighted by Gasteiger charge is 2.18. The van der Waals surface area contributed by atoms with Crippen LogP contribution in [0.4, 0.5) is 0 Å². The lowest BCUT2D eigenvalue weighted by Gasteiger charge is -2.21. The topological polar surface area (TPSA) is 45.8 Å². The molecular weight excluding hydrogens is 200 g/mol. The van der Waals surface area contributed by atoms with Crippen molar-refractivity contribution >= 4 is 0 Å². The Morgan fingerprint density at radius 1 is 1.31 bits per heavy atom. The minimum Gasteiger partial charge on any atom is -0.310 e. The molecule has 0 saturated heterocycles. The van der Waals surface area contributed by atoms with Crippen LogP contribution < -0.4 is 5.56 Å². The number of aromatic amines is 1. The third-order valence-electron chi connectivity index (χ3n) is 3.36. The van der Waals surface area contributed by atoms with Gasteiger partial charge in [0.1, 0.15) is 5.82 Å². The second-order valence-corrected chi connectivity index (χ2v) is 5.05. The molecule has 1 aromatic rings. The highest BCUT2D eigenvalue weighted by molar-refractivity contribution is 5.09. The first kappa shape index (κ1) is 11.4. The van der Waals surface area contributed by atoms with Crippen molar-refractivity contribution in [2.24, 2.45) is 0 Å². The summed E-state index contributed by atoms with van der Waals surface area (Å²) in [4.78, 5) is 19.1. The molecule has 3 nitrogen and oxygen atoms in total. The van der Waals surface area contributed by atoms with Crippen molar-refractivity contribution in [3.8, 4) is 0 Å². The smallest absolute Gasteiger partial charge is 0.251 e. The van der Waals surface area contributed by atoms with E-state index in [0.29, 0.717) is 11.8 Å². The third kappa shape index (κ3) is 2.52.